The third kappa shape index (κ3) is 3.90. The first-order valence-corrected chi connectivity index (χ1v) is 6.88. The number of halogens is 3. The molecule has 0 radical (unpaired) electrons. The quantitative estimate of drug-likeness (QED) is 0.469. The van der Waals surface area contributed by atoms with Crippen LogP contribution in [0.2, 0.25) is 5.02 Å². The van der Waals surface area contributed by atoms with Crippen molar-refractivity contribution in [3.63, 3.8) is 0 Å². The Kier molecular flexibility index (Phi) is 5.10. The first-order chi connectivity index (χ1) is 10.0. The zero-order valence-corrected chi connectivity index (χ0v) is 13.1. The highest BCUT2D eigenvalue weighted by Gasteiger charge is 2.13. The molecule has 2 aromatic rings. The van der Waals surface area contributed by atoms with Crippen LogP contribution in [-0.4, -0.2) is 21.6 Å². The lowest BCUT2D eigenvalue weighted by Crippen LogP contribution is -2.12. The number of anilines is 1. The fourth-order valence-electron chi connectivity index (χ4n) is 1.32. The van der Waals surface area contributed by atoms with Gasteiger partial charge in [0.1, 0.15) is 11.6 Å². The minimum absolute atomic E-state index is 0.0287. The molecule has 0 aliphatic carbocycles. The van der Waals surface area contributed by atoms with Crippen molar-refractivity contribution in [2.45, 2.75) is 6.92 Å². The molecule has 0 spiro atoms. The molecule has 0 unspecified atom stereocenters. The van der Waals surface area contributed by atoms with Crippen LogP contribution < -0.4 is 20.7 Å². The Morgan fingerprint density at radius 2 is 2.05 bits per heavy atom. The third-order valence-corrected chi connectivity index (χ3v) is 3.08. The molecular formula is C11H10BrClFN5O2. The van der Waals surface area contributed by atoms with E-state index in [1.807, 2.05) is 0 Å². The number of nitrogen functional groups attached to an aromatic ring is 1. The molecule has 3 N–H and O–H groups in total. The minimum atomic E-state index is -0.633. The molecule has 0 fully saturated rings. The van der Waals surface area contributed by atoms with Crippen LogP contribution in [0.25, 0.3) is 0 Å². The van der Waals surface area contributed by atoms with Gasteiger partial charge in [-0.3, -0.25) is 5.43 Å². The van der Waals surface area contributed by atoms with E-state index in [-0.39, 0.29) is 28.7 Å². The van der Waals surface area contributed by atoms with E-state index in [1.54, 1.807) is 6.92 Å². The topological polar surface area (TPSA) is 95.2 Å². The summed E-state index contributed by atoms with van der Waals surface area (Å²) >= 11 is 8.86. The molecule has 112 valence electrons. The summed E-state index contributed by atoms with van der Waals surface area (Å²) in [7, 11) is 0. The van der Waals surface area contributed by atoms with E-state index in [1.165, 1.54) is 6.07 Å². The molecular weight excluding hydrogens is 369 g/mol. The highest BCUT2D eigenvalue weighted by Crippen LogP contribution is 2.33. The highest BCUT2D eigenvalue weighted by atomic mass is 79.9. The summed E-state index contributed by atoms with van der Waals surface area (Å²) in [6.07, 6.45) is 0. The molecule has 0 aliphatic rings. The summed E-state index contributed by atoms with van der Waals surface area (Å²) in [5.41, 5.74) is 2.26. The zero-order valence-electron chi connectivity index (χ0n) is 10.7. The summed E-state index contributed by atoms with van der Waals surface area (Å²) in [4.78, 5) is 11.7. The van der Waals surface area contributed by atoms with Gasteiger partial charge in [0.15, 0.2) is 0 Å². The highest BCUT2D eigenvalue weighted by molar-refractivity contribution is 9.10. The second-order valence-corrected chi connectivity index (χ2v) is 4.86. The average molecular weight is 379 g/mol. The lowest BCUT2D eigenvalue weighted by atomic mass is 10.3. The second kappa shape index (κ2) is 6.83. The molecule has 0 amide bonds. The maximum Gasteiger partial charge on any atom is 0.330 e. The van der Waals surface area contributed by atoms with Gasteiger partial charge in [0.25, 0.3) is 0 Å². The number of aromatic nitrogens is 3. The van der Waals surface area contributed by atoms with E-state index < -0.39 is 5.82 Å². The summed E-state index contributed by atoms with van der Waals surface area (Å²) < 4.78 is 24.5. The van der Waals surface area contributed by atoms with Crippen molar-refractivity contribution >= 4 is 33.5 Å². The zero-order chi connectivity index (χ0) is 15.4. The van der Waals surface area contributed by atoms with Gasteiger partial charge in [0, 0.05) is 6.07 Å². The number of benzene rings is 1. The average Bonchev–Trinajstić information content (AvgIpc) is 2.45. The fourth-order valence-corrected chi connectivity index (χ4v) is 2.04. The molecule has 0 saturated carbocycles. The van der Waals surface area contributed by atoms with Crippen LogP contribution in [-0.2, 0) is 0 Å². The van der Waals surface area contributed by atoms with Gasteiger partial charge in [-0.1, -0.05) is 11.6 Å². The van der Waals surface area contributed by atoms with E-state index in [4.69, 9.17) is 26.9 Å². The smallest absolute Gasteiger partial charge is 0.330 e. The van der Waals surface area contributed by atoms with Crippen LogP contribution in [0.15, 0.2) is 16.6 Å². The monoisotopic (exact) mass is 377 g/mol. The van der Waals surface area contributed by atoms with Crippen molar-refractivity contribution in [3.05, 3.63) is 27.4 Å². The largest absolute Gasteiger partial charge is 0.464 e. The standard InChI is InChI=1S/C11H10BrClFN5O2/c1-2-20-10-16-9(19-15)17-11(18-10)21-8-4-7(14)6(13)3-5(8)12/h3-4H,2,15H2,1H3,(H,16,17,18,19). The molecule has 0 bridgehead atoms. The van der Waals surface area contributed by atoms with Crippen molar-refractivity contribution in [3.8, 4) is 17.8 Å². The Morgan fingerprint density at radius 3 is 2.71 bits per heavy atom. The normalized spacial score (nSPS) is 10.3. The Balaban J connectivity index is 2.34. The summed E-state index contributed by atoms with van der Waals surface area (Å²) in [5, 5.41) is -0.0378. The number of nitrogens with zero attached hydrogens (tertiary/aromatic N) is 3. The minimum Gasteiger partial charge on any atom is -0.464 e. The van der Waals surface area contributed by atoms with Gasteiger partial charge >= 0.3 is 12.0 Å². The van der Waals surface area contributed by atoms with E-state index in [9.17, 15) is 4.39 Å². The molecule has 1 aromatic heterocycles. The lowest BCUT2D eigenvalue weighted by molar-refractivity contribution is 0.303. The predicted octanol–water partition coefficient (Wildman–Crippen LogP) is 2.90. The summed E-state index contributed by atoms with van der Waals surface area (Å²) in [5.74, 6) is 4.81. The number of rotatable bonds is 5. The van der Waals surface area contributed by atoms with Gasteiger partial charge in [-0.15, -0.1) is 4.98 Å². The number of nitrogens with one attached hydrogen (secondary N) is 1. The van der Waals surface area contributed by atoms with Gasteiger partial charge in [0.2, 0.25) is 5.95 Å². The Morgan fingerprint density at radius 1 is 1.33 bits per heavy atom. The van der Waals surface area contributed by atoms with Gasteiger partial charge < -0.3 is 9.47 Å². The molecule has 1 aromatic carbocycles. The van der Waals surface area contributed by atoms with Crippen LogP contribution in [0.4, 0.5) is 10.3 Å². The van der Waals surface area contributed by atoms with E-state index in [0.717, 1.165) is 6.07 Å². The van der Waals surface area contributed by atoms with Crippen LogP contribution in [0, 0.1) is 5.82 Å². The van der Waals surface area contributed by atoms with E-state index >= 15 is 0 Å². The first-order valence-electron chi connectivity index (χ1n) is 5.71. The summed E-state index contributed by atoms with van der Waals surface area (Å²) in [6, 6.07) is 2.38. The fraction of sp³-hybridized carbons (Fsp3) is 0.182. The van der Waals surface area contributed by atoms with Crippen molar-refractivity contribution in [1.29, 1.82) is 0 Å². The third-order valence-electron chi connectivity index (χ3n) is 2.17. The van der Waals surface area contributed by atoms with Crippen molar-refractivity contribution in [2.24, 2.45) is 5.84 Å². The van der Waals surface area contributed by atoms with Gasteiger partial charge in [0.05, 0.1) is 16.1 Å². The van der Waals surface area contributed by atoms with Gasteiger partial charge in [-0.2, -0.15) is 9.97 Å². The number of hydrogen-bond donors (Lipinski definition) is 2. The van der Waals surface area contributed by atoms with Crippen LogP contribution in [0.3, 0.4) is 0 Å². The SMILES string of the molecule is CCOc1nc(NN)nc(Oc2cc(F)c(Cl)cc2Br)n1. The van der Waals surface area contributed by atoms with Gasteiger partial charge in [-0.25, -0.2) is 10.2 Å². The predicted molar refractivity (Wildman–Crippen MR) is 78.0 cm³/mol. The maximum absolute atomic E-state index is 13.5. The number of hydrogen-bond acceptors (Lipinski definition) is 7. The van der Waals surface area contributed by atoms with E-state index in [2.05, 4.69) is 36.3 Å². The molecule has 0 atom stereocenters. The van der Waals surface area contributed by atoms with Crippen molar-refractivity contribution in [2.75, 3.05) is 12.0 Å². The number of ether oxygens (including phenoxy) is 2. The molecule has 1 heterocycles. The van der Waals surface area contributed by atoms with Crippen molar-refractivity contribution < 1.29 is 13.9 Å². The number of hydrazine groups is 1. The lowest BCUT2D eigenvalue weighted by Gasteiger charge is -2.09. The van der Waals surface area contributed by atoms with Gasteiger partial charge in [-0.05, 0) is 28.9 Å². The second-order valence-electron chi connectivity index (χ2n) is 3.60. The molecule has 0 saturated heterocycles. The molecule has 7 nitrogen and oxygen atoms in total. The first kappa shape index (κ1) is 15.7. The van der Waals surface area contributed by atoms with Crippen LogP contribution >= 0.6 is 27.5 Å². The van der Waals surface area contributed by atoms with Crippen LogP contribution in [0.5, 0.6) is 17.8 Å². The van der Waals surface area contributed by atoms with Crippen molar-refractivity contribution in [1.82, 2.24) is 15.0 Å². The Hall–Kier alpha value is -1.71. The molecule has 10 heteroatoms. The molecule has 2 rings (SSSR count). The molecule has 0 aliphatic heterocycles. The Bertz CT molecular complexity index is 661. The van der Waals surface area contributed by atoms with E-state index in [0.29, 0.717) is 11.1 Å². The number of nitrogens with two attached hydrogens (primary N) is 1. The molecule has 21 heavy (non-hydrogen) atoms. The maximum atomic E-state index is 13.5. The summed E-state index contributed by atoms with van der Waals surface area (Å²) in [6.45, 7) is 2.12. The Labute approximate surface area is 132 Å². The van der Waals surface area contributed by atoms with Crippen LogP contribution in [0.1, 0.15) is 6.92 Å².